The van der Waals surface area contributed by atoms with Crippen molar-refractivity contribution in [3.05, 3.63) is 71.1 Å². The summed E-state index contributed by atoms with van der Waals surface area (Å²) < 4.78 is 15.3. The number of aryl methyl sites for hydroxylation is 2. The van der Waals surface area contributed by atoms with Gasteiger partial charge in [-0.05, 0) is 44.2 Å². The Morgan fingerprint density at radius 3 is 2.64 bits per heavy atom. The normalized spacial score (nSPS) is 11.0. The van der Waals surface area contributed by atoms with Crippen LogP contribution in [0, 0.1) is 19.7 Å². The zero-order valence-corrected chi connectivity index (χ0v) is 14.7. The number of nitrogens with zero attached hydrogens (tertiary/aromatic N) is 2. The number of nitrogens with one attached hydrogen (secondary N) is 1. The van der Waals surface area contributed by atoms with Crippen LogP contribution in [0.1, 0.15) is 10.6 Å². The molecule has 25 heavy (non-hydrogen) atoms. The second-order valence-corrected chi connectivity index (χ2v) is 7.18. The van der Waals surface area contributed by atoms with E-state index in [9.17, 15) is 0 Å². The van der Waals surface area contributed by atoms with E-state index in [1.165, 1.54) is 0 Å². The maximum atomic E-state index is 15.3. The number of benzene rings is 1. The van der Waals surface area contributed by atoms with E-state index >= 15 is 4.39 Å². The topological polar surface area (TPSA) is 37.8 Å². The van der Waals surface area contributed by atoms with Gasteiger partial charge in [-0.25, -0.2) is 9.37 Å². The highest BCUT2D eigenvalue weighted by atomic mass is 32.1. The fourth-order valence-electron chi connectivity index (χ4n) is 2.80. The van der Waals surface area contributed by atoms with E-state index in [0.717, 1.165) is 32.0 Å². The number of hydrogen-bond donors (Lipinski definition) is 1. The largest absolute Gasteiger partial charge is 0.352 e. The van der Waals surface area contributed by atoms with Gasteiger partial charge in [0.15, 0.2) is 5.82 Å². The van der Waals surface area contributed by atoms with E-state index in [-0.39, 0.29) is 5.82 Å². The molecule has 0 saturated carbocycles. The third-order valence-corrected chi connectivity index (χ3v) is 4.98. The molecule has 4 rings (SSSR count). The molecular formula is C20H16FN3S. The third-order valence-electron chi connectivity index (χ3n) is 3.97. The summed E-state index contributed by atoms with van der Waals surface area (Å²) in [4.78, 5) is 10.7. The predicted octanol–water partition coefficient (Wildman–Crippen LogP) is 5.86. The molecule has 1 aromatic carbocycles. The van der Waals surface area contributed by atoms with Crippen molar-refractivity contribution in [2.45, 2.75) is 13.8 Å². The van der Waals surface area contributed by atoms with E-state index in [1.54, 1.807) is 17.5 Å². The molecule has 0 saturated heterocycles. The fraction of sp³-hybridized carbons (Fsp3) is 0.100. The quantitative estimate of drug-likeness (QED) is 0.503. The van der Waals surface area contributed by atoms with Crippen molar-refractivity contribution >= 4 is 33.6 Å². The molecule has 3 aromatic heterocycles. The first kappa shape index (κ1) is 15.7. The maximum absolute atomic E-state index is 15.3. The number of halogens is 1. The first-order valence-corrected chi connectivity index (χ1v) is 8.78. The summed E-state index contributed by atoms with van der Waals surface area (Å²) in [5, 5.41) is 3.98. The van der Waals surface area contributed by atoms with Crippen LogP contribution in [-0.4, -0.2) is 9.97 Å². The number of hydrogen-bond acceptors (Lipinski definition) is 4. The number of aromatic nitrogens is 2. The van der Waals surface area contributed by atoms with Crippen LogP contribution in [0.3, 0.4) is 0 Å². The summed E-state index contributed by atoms with van der Waals surface area (Å²) in [6.45, 7) is 3.91. The van der Waals surface area contributed by atoms with Gasteiger partial charge in [0, 0.05) is 27.8 Å². The summed E-state index contributed by atoms with van der Waals surface area (Å²) in [6.07, 6.45) is 1.71. The number of pyridine rings is 2. The molecule has 0 aliphatic heterocycles. The lowest BCUT2D eigenvalue weighted by Crippen LogP contribution is -2.00. The Hall–Kier alpha value is -2.79. The summed E-state index contributed by atoms with van der Waals surface area (Å²) in [5.41, 5.74) is 3.26. The molecule has 0 aliphatic rings. The molecule has 1 N–H and O–H groups in total. The molecule has 0 radical (unpaired) electrons. The summed E-state index contributed by atoms with van der Waals surface area (Å²) >= 11 is 1.54. The van der Waals surface area contributed by atoms with Crippen LogP contribution in [0.5, 0.6) is 0 Å². The van der Waals surface area contributed by atoms with Crippen LogP contribution in [0.25, 0.3) is 21.5 Å². The minimum absolute atomic E-state index is 0.338. The zero-order valence-electron chi connectivity index (χ0n) is 13.9. The van der Waals surface area contributed by atoms with Gasteiger partial charge in [0.1, 0.15) is 5.69 Å². The number of fused-ring (bicyclic) bond motifs is 1. The molecule has 3 nitrogen and oxygen atoms in total. The number of para-hydroxylation sites is 1. The van der Waals surface area contributed by atoms with Crippen molar-refractivity contribution in [2.24, 2.45) is 0 Å². The SMILES string of the molecule is Cc1cc(Nc2c(F)c(-c3ccc(C)s3)nc3ccccc23)ccn1. The van der Waals surface area contributed by atoms with Gasteiger partial charge < -0.3 is 5.32 Å². The summed E-state index contributed by atoms with van der Waals surface area (Å²) in [7, 11) is 0. The standard InChI is InChI=1S/C20H16FN3S/c1-12-11-14(9-10-22-12)23-19-15-5-3-4-6-16(15)24-20(18(19)21)17-8-7-13(2)25-17/h3-11H,1-2H3,(H,22,23,24). The molecule has 0 unspecified atom stereocenters. The van der Waals surface area contributed by atoms with Crippen LogP contribution >= 0.6 is 11.3 Å². The highest BCUT2D eigenvalue weighted by Crippen LogP contribution is 2.36. The van der Waals surface area contributed by atoms with E-state index in [1.807, 2.05) is 62.4 Å². The molecule has 0 aliphatic carbocycles. The van der Waals surface area contributed by atoms with Crippen LogP contribution in [-0.2, 0) is 0 Å². The average molecular weight is 349 g/mol. The highest BCUT2D eigenvalue weighted by molar-refractivity contribution is 7.15. The molecule has 0 fully saturated rings. The van der Waals surface area contributed by atoms with Gasteiger partial charge in [-0.15, -0.1) is 11.3 Å². The van der Waals surface area contributed by atoms with E-state index < -0.39 is 0 Å². The maximum Gasteiger partial charge on any atom is 0.174 e. The van der Waals surface area contributed by atoms with Crippen LogP contribution < -0.4 is 5.32 Å². The van der Waals surface area contributed by atoms with Crippen LogP contribution in [0.2, 0.25) is 0 Å². The zero-order chi connectivity index (χ0) is 17.4. The van der Waals surface area contributed by atoms with Crippen molar-refractivity contribution < 1.29 is 4.39 Å². The molecular weight excluding hydrogens is 333 g/mol. The smallest absolute Gasteiger partial charge is 0.174 e. The van der Waals surface area contributed by atoms with Crippen molar-refractivity contribution in [3.63, 3.8) is 0 Å². The minimum atomic E-state index is -0.338. The lowest BCUT2D eigenvalue weighted by atomic mass is 10.1. The lowest BCUT2D eigenvalue weighted by molar-refractivity contribution is 0.632. The molecule has 0 bridgehead atoms. The number of thiophene rings is 1. The molecule has 3 heterocycles. The third kappa shape index (κ3) is 2.98. The minimum Gasteiger partial charge on any atom is -0.352 e. The van der Waals surface area contributed by atoms with Gasteiger partial charge in [0.05, 0.1) is 16.1 Å². The van der Waals surface area contributed by atoms with E-state index in [4.69, 9.17) is 0 Å². The van der Waals surface area contributed by atoms with Gasteiger partial charge in [-0.1, -0.05) is 18.2 Å². The van der Waals surface area contributed by atoms with Gasteiger partial charge in [0.2, 0.25) is 0 Å². The Balaban J connectivity index is 1.93. The number of rotatable bonds is 3. The second kappa shape index (κ2) is 6.26. The monoisotopic (exact) mass is 349 g/mol. The fourth-order valence-corrected chi connectivity index (χ4v) is 3.65. The first-order chi connectivity index (χ1) is 12.1. The van der Waals surface area contributed by atoms with E-state index in [2.05, 4.69) is 15.3 Å². The van der Waals surface area contributed by atoms with Crippen molar-refractivity contribution in [3.8, 4) is 10.6 Å². The molecule has 4 aromatic rings. The van der Waals surface area contributed by atoms with Gasteiger partial charge in [0.25, 0.3) is 0 Å². The van der Waals surface area contributed by atoms with Crippen molar-refractivity contribution in [1.82, 2.24) is 9.97 Å². The Morgan fingerprint density at radius 2 is 1.88 bits per heavy atom. The molecule has 124 valence electrons. The molecule has 0 atom stereocenters. The van der Waals surface area contributed by atoms with Crippen LogP contribution in [0.15, 0.2) is 54.7 Å². The Labute approximate surface area is 149 Å². The first-order valence-electron chi connectivity index (χ1n) is 7.96. The highest BCUT2D eigenvalue weighted by Gasteiger charge is 2.18. The van der Waals surface area contributed by atoms with E-state index in [0.29, 0.717) is 11.4 Å². The van der Waals surface area contributed by atoms with Gasteiger partial charge >= 0.3 is 0 Å². The van der Waals surface area contributed by atoms with Crippen molar-refractivity contribution in [1.29, 1.82) is 0 Å². The lowest BCUT2D eigenvalue weighted by Gasteiger charge is -2.13. The second-order valence-electron chi connectivity index (χ2n) is 5.89. The summed E-state index contributed by atoms with van der Waals surface area (Å²) in [5.74, 6) is -0.338. The molecule has 5 heteroatoms. The Bertz CT molecular complexity index is 1070. The Kier molecular flexibility index (Phi) is 3.93. The van der Waals surface area contributed by atoms with Crippen molar-refractivity contribution in [2.75, 3.05) is 5.32 Å². The van der Waals surface area contributed by atoms with Crippen LogP contribution in [0.4, 0.5) is 15.8 Å². The van der Waals surface area contributed by atoms with Gasteiger partial charge in [-0.2, -0.15) is 0 Å². The molecule has 0 amide bonds. The number of anilines is 2. The predicted molar refractivity (Wildman–Crippen MR) is 102 cm³/mol. The summed E-state index contributed by atoms with van der Waals surface area (Å²) in [6, 6.07) is 15.2. The molecule has 0 spiro atoms. The Morgan fingerprint density at radius 1 is 1.04 bits per heavy atom. The van der Waals surface area contributed by atoms with Gasteiger partial charge in [-0.3, -0.25) is 4.98 Å². The average Bonchev–Trinajstić information content (AvgIpc) is 3.03.